The van der Waals surface area contributed by atoms with Crippen LogP contribution in [0, 0.1) is 6.92 Å². The molecule has 0 amide bonds. The second-order valence-electron chi connectivity index (χ2n) is 9.50. The van der Waals surface area contributed by atoms with Gasteiger partial charge < -0.3 is 5.11 Å². The summed E-state index contributed by atoms with van der Waals surface area (Å²) in [5.74, 6) is 0. The summed E-state index contributed by atoms with van der Waals surface area (Å²) in [7, 11) is -3.77. The predicted molar refractivity (Wildman–Crippen MR) is 145 cm³/mol. The molecule has 0 radical (unpaired) electrons. The van der Waals surface area contributed by atoms with Crippen LogP contribution in [0.15, 0.2) is 83.8 Å². The number of benzene rings is 3. The van der Waals surface area contributed by atoms with E-state index < -0.39 is 22.2 Å². The van der Waals surface area contributed by atoms with Crippen LogP contribution in [0.3, 0.4) is 0 Å². The van der Waals surface area contributed by atoms with Crippen LogP contribution >= 0.6 is 11.6 Å². The summed E-state index contributed by atoms with van der Waals surface area (Å²) in [6, 6.07) is 23.7. The SMILES string of the molecule is Cc1ccc(S(=O)(=O)N[C@@H](Cc2ccccc2)[C@H](O)CN2CCN(Cc3ccc(Cl)cc3)CC2)cc1. The second kappa shape index (κ2) is 12.3. The molecule has 3 aromatic carbocycles. The van der Waals surface area contributed by atoms with E-state index in [1.165, 1.54) is 5.56 Å². The van der Waals surface area contributed by atoms with Gasteiger partial charge in [0, 0.05) is 44.3 Å². The van der Waals surface area contributed by atoms with Gasteiger partial charge in [0.15, 0.2) is 0 Å². The van der Waals surface area contributed by atoms with E-state index in [-0.39, 0.29) is 4.90 Å². The Bertz CT molecular complexity index is 1200. The van der Waals surface area contributed by atoms with Crippen LogP contribution in [-0.2, 0) is 23.0 Å². The number of β-amino-alcohol motifs (C(OH)–C–C–N with tert-alkyl or cyclic N) is 1. The minimum atomic E-state index is -3.77. The van der Waals surface area contributed by atoms with Crippen LogP contribution in [0.25, 0.3) is 0 Å². The molecule has 1 saturated heterocycles. The average Bonchev–Trinajstić information content (AvgIpc) is 2.87. The summed E-state index contributed by atoms with van der Waals surface area (Å²) in [6.07, 6.45) is -0.447. The van der Waals surface area contributed by atoms with Gasteiger partial charge in [0.2, 0.25) is 10.0 Å². The number of hydrogen-bond donors (Lipinski definition) is 2. The highest BCUT2D eigenvalue weighted by molar-refractivity contribution is 7.89. The molecule has 0 saturated carbocycles. The minimum Gasteiger partial charge on any atom is -0.390 e. The van der Waals surface area contributed by atoms with E-state index in [1.54, 1.807) is 24.3 Å². The van der Waals surface area contributed by atoms with Gasteiger partial charge in [-0.15, -0.1) is 0 Å². The molecule has 1 fully saturated rings. The Kier molecular flexibility index (Phi) is 9.17. The van der Waals surface area contributed by atoms with Crippen LogP contribution in [0.5, 0.6) is 0 Å². The van der Waals surface area contributed by atoms with E-state index in [0.29, 0.717) is 13.0 Å². The molecule has 0 aromatic heterocycles. The zero-order chi connectivity index (χ0) is 25.5. The lowest BCUT2D eigenvalue weighted by atomic mass is 10.0. The number of aliphatic hydroxyl groups is 1. The van der Waals surface area contributed by atoms with Crippen molar-refractivity contribution in [2.75, 3.05) is 32.7 Å². The zero-order valence-corrected chi connectivity index (χ0v) is 22.1. The smallest absolute Gasteiger partial charge is 0.240 e. The molecule has 8 heteroatoms. The Hall–Kier alpha value is -2.26. The normalized spacial score (nSPS) is 17.1. The van der Waals surface area contributed by atoms with Crippen LogP contribution in [0.2, 0.25) is 5.02 Å². The first kappa shape index (κ1) is 26.8. The summed E-state index contributed by atoms with van der Waals surface area (Å²) < 4.78 is 29.0. The third kappa shape index (κ3) is 7.62. The summed E-state index contributed by atoms with van der Waals surface area (Å²) in [4.78, 5) is 4.80. The maximum Gasteiger partial charge on any atom is 0.240 e. The second-order valence-corrected chi connectivity index (χ2v) is 11.7. The lowest BCUT2D eigenvalue weighted by molar-refractivity contribution is 0.0549. The lowest BCUT2D eigenvalue weighted by Crippen LogP contribution is -2.53. The van der Waals surface area contributed by atoms with Crippen molar-refractivity contribution in [3.8, 4) is 0 Å². The Balaban J connectivity index is 1.38. The Labute approximate surface area is 219 Å². The van der Waals surface area contributed by atoms with Crippen LogP contribution < -0.4 is 4.72 Å². The Morgan fingerprint density at radius 3 is 2.11 bits per heavy atom. The topological polar surface area (TPSA) is 72.9 Å². The van der Waals surface area contributed by atoms with Crippen LogP contribution in [-0.4, -0.2) is 68.2 Å². The maximum atomic E-state index is 13.1. The Morgan fingerprint density at radius 1 is 0.861 bits per heavy atom. The third-order valence-corrected chi connectivity index (χ3v) is 8.39. The fourth-order valence-electron chi connectivity index (χ4n) is 4.48. The molecule has 2 N–H and O–H groups in total. The summed E-state index contributed by atoms with van der Waals surface area (Å²) in [5, 5.41) is 11.9. The number of piperazine rings is 1. The van der Waals surface area contributed by atoms with Crippen molar-refractivity contribution < 1.29 is 13.5 Å². The van der Waals surface area contributed by atoms with Crippen molar-refractivity contribution in [1.82, 2.24) is 14.5 Å². The van der Waals surface area contributed by atoms with E-state index in [1.807, 2.05) is 61.5 Å². The number of rotatable bonds is 10. The molecule has 1 heterocycles. The quantitative estimate of drug-likeness (QED) is 0.420. The number of nitrogens with zero attached hydrogens (tertiary/aromatic N) is 2. The first-order valence-electron chi connectivity index (χ1n) is 12.3. The molecule has 6 nitrogen and oxygen atoms in total. The fraction of sp³-hybridized carbons (Fsp3) is 0.357. The molecule has 1 aliphatic heterocycles. The van der Waals surface area contributed by atoms with Crippen molar-refractivity contribution in [3.63, 3.8) is 0 Å². The number of aliphatic hydroxyl groups excluding tert-OH is 1. The van der Waals surface area contributed by atoms with Gasteiger partial charge in [-0.1, -0.05) is 71.8 Å². The standard InChI is InChI=1S/C28H34ClN3O3S/c1-22-7-13-26(14-8-22)36(34,35)30-27(19-23-5-3-2-4-6-23)28(33)21-32-17-15-31(16-18-32)20-24-9-11-25(29)12-10-24/h2-14,27-28,30,33H,15-21H2,1H3/t27-,28+/m0/s1. The van der Waals surface area contributed by atoms with Gasteiger partial charge >= 0.3 is 0 Å². The molecular weight excluding hydrogens is 494 g/mol. The molecule has 4 rings (SSSR count). The summed E-state index contributed by atoms with van der Waals surface area (Å²) in [6.45, 7) is 6.58. The first-order chi connectivity index (χ1) is 17.3. The van der Waals surface area contributed by atoms with Gasteiger partial charge in [0.25, 0.3) is 0 Å². The number of aryl methyl sites for hydroxylation is 1. The number of nitrogens with one attached hydrogen (secondary N) is 1. The van der Waals surface area contributed by atoms with E-state index in [4.69, 9.17) is 11.6 Å². The molecule has 2 atom stereocenters. The van der Waals surface area contributed by atoms with E-state index in [0.717, 1.165) is 48.9 Å². The van der Waals surface area contributed by atoms with Crippen LogP contribution in [0.4, 0.5) is 0 Å². The van der Waals surface area contributed by atoms with Gasteiger partial charge in [0.1, 0.15) is 0 Å². The molecular formula is C28H34ClN3O3S. The molecule has 1 aliphatic rings. The largest absolute Gasteiger partial charge is 0.390 e. The molecule has 36 heavy (non-hydrogen) atoms. The van der Waals surface area contributed by atoms with Gasteiger partial charge in [-0.2, -0.15) is 0 Å². The third-order valence-electron chi connectivity index (χ3n) is 6.63. The summed E-state index contributed by atoms with van der Waals surface area (Å²) >= 11 is 5.99. The average molecular weight is 528 g/mol. The molecule has 0 unspecified atom stereocenters. The first-order valence-corrected chi connectivity index (χ1v) is 14.1. The fourth-order valence-corrected chi connectivity index (χ4v) is 5.87. The number of hydrogen-bond acceptors (Lipinski definition) is 5. The van der Waals surface area contributed by atoms with Crippen molar-refractivity contribution in [3.05, 3.63) is 101 Å². The van der Waals surface area contributed by atoms with E-state index >= 15 is 0 Å². The van der Waals surface area contributed by atoms with Crippen molar-refractivity contribution in [2.24, 2.45) is 0 Å². The highest BCUT2D eigenvalue weighted by Crippen LogP contribution is 2.16. The molecule has 192 valence electrons. The van der Waals surface area contributed by atoms with Gasteiger partial charge in [-0.25, -0.2) is 13.1 Å². The van der Waals surface area contributed by atoms with Gasteiger partial charge in [0.05, 0.1) is 17.0 Å². The highest BCUT2D eigenvalue weighted by atomic mass is 35.5. The Morgan fingerprint density at radius 2 is 1.47 bits per heavy atom. The monoisotopic (exact) mass is 527 g/mol. The van der Waals surface area contributed by atoms with Crippen molar-refractivity contribution in [1.29, 1.82) is 0 Å². The van der Waals surface area contributed by atoms with Gasteiger partial charge in [-0.05, 0) is 48.7 Å². The van der Waals surface area contributed by atoms with Crippen molar-refractivity contribution >= 4 is 21.6 Å². The zero-order valence-electron chi connectivity index (χ0n) is 20.6. The predicted octanol–water partition coefficient (Wildman–Crippen LogP) is 3.72. The number of halogens is 1. The van der Waals surface area contributed by atoms with E-state index in [2.05, 4.69) is 14.5 Å². The lowest BCUT2D eigenvalue weighted by Gasteiger charge is -2.37. The van der Waals surface area contributed by atoms with E-state index in [9.17, 15) is 13.5 Å². The maximum absolute atomic E-state index is 13.1. The van der Waals surface area contributed by atoms with Crippen molar-refractivity contribution in [2.45, 2.75) is 36.9 Å². The molecule has 3 aromatic rings. The number of sulfonamides is 1. The highest BCUT2D eigenvalue weighted by Gasteiger charge is 2.29. The summed E-state index contributed by atoms with van der Waals surface area (Å²) in [5.41, 5.74) is 3.19. The van der Waals surface area contributed by atoms with Gasteiger partial charge in [-0.3, -0.25) is 9.80 Å². The molecule has 0 aliphatic carbocycles. The minimum absolute atomic E-state index is 0.203. The van der Waals surface area contributed by atoms with Crippen LogP contribution in [0.1, 0.15) is 16.7 Å². The molecule has 0 spiro atoms. The molecule has 0 bridgehead atoms.